The van der Waals surface area contributed by atoms with Gasteiger partial charge >= 0.3 is 0 Å². The molecule has 0 aliphatic heterocycles. The van der Waals surface area contributed by atoms with Gasteiger partial charge < -0.3 is 4.79 Å². The van der Waals surface area contributed by atoms with Crippen molar-refractivity contribution in [3.63, 3.8) is 0 Å². The number of hydrogen-bond donors (Lipinski definition) is 0. The van der Waals surface area contributed by atoms with E-state index in [2.05, 4.69) is 0 Å². The van der Waals surface area contributed by atoms with Crippen LogP contribution in [0.3, 0.4) is 0 Å². The van der Waals surface area contributed by atoms with Crippen molar-refractivity contribution in [1.82, 2.24) is 0 Å². The molecule has 0 aromatic carbocycles. The van der Waals surface area contributed by atoms with Crippen molar-refractivity contribution in [3.8, 4) is 0 Å². The average molecular weight is 137 g/mol. The highest BCUT2D eigenvalue weighted by atomic mass is 35.5. The van der Waals surface area contributed by atoms with E-state index in [4.69, 9.17) is 0 Å². The van der Waals surface area contributed by atoms with Crippen LogP contribution in [0.4, 0.5) is 0 Å². The molecule has 0 atom stereocenters. The Morgan fingerprint density at radius 3 is 1.88 bits per heavy atom. The second-order valence-electron chi connectivity index (χ2n) is 2.46. The highest BCUT2D eigenvalue weighted by molar-refractivity contribution is 5.85. The SMILES string of the molecule is CCC(C)(C)C=O.Cl. The minimum absolute atomic E-state index is 0. The summed E-state index contributed by atoms with van der Waals surface area (Å²) in [6, 6.07) is 0. The molecule has 0 radical (unpaired) electrons. The van der Waals surface area contributed by atoms with E-state index >= 15 is 0 Å². The van der Waals surface area contributed by atoms with Crippen molar-refractivity contribution in [2.45, 2.75) is 27.2 Å². The van der Waals surface area contributed by atoms with Crippen LogP contribution in [-0.4, -0.2) is 6.29 Å². The first-order valence-corrected chi connectivity index (χ1v) is 2.59. The summed E-state index contributed by atoms with van der Waals surface area (Å²) in [4.78, 5) is 10.1. The first-order valence-electron chi connectivity index (χ1n) is 2.59. The molecular formula is C6H13ClO. The summed E-state index contributed by atoms with van der Waals surface area (Å²) in [5.74, 6) is 0. The predicted octanol–water partition coefficient (Wildman–Crippen LogP) is 2.04. The quantitative estimate of drug-likeness (QED) is 0.531. The van der Waals surface area contributed by atoms with Gasteiger partial charge in [0.15, 0.2) is 0 Å². The Morgan fingerprint density at radius 1 is 1.50 bits per heavy atom. The van der Waals surface area contributed by atoms with Crippen molar-refractivity contribution in [1.29, 1.82) is 0 Å². The molecule has 0 saturated heterocycles. The van der Waals surface area contributed by atoms with Crippen LogP contribution in [0.2, 0.25) is 0 Å². The van der Waals surface area contributed by atoms with Crippen LogP contribution in [0.15, 0.2) is 0 Å². The Morgan fingerprint density at radius 2 is 1.88 bits per heavy atom. The predicted molar refractivity (Wildman–Crippen MR) is 37.4 cm³/mol. The van der Waals surface area contributed by atoms with E-state index < -0.39 is 0 Å². The van der Waals surface area contributed by atoms with E-state index in [1.807, 2.05) is 20.8 Å². The van der Waals surface area contributed by atoms with Crippen LogP contribution in [0.25, 0.3) is 0 Å². The van der Waals surface area contributed by atoms with Gasteiger partial charge in [0.1, 0.15) is 6.29 Å². The molecule has 0 bridgehead atoms. The molecule has 1 nitrogen and oxygen atoms in total. The van der Waals surface area contributed by atoms with Crippen LogP contribution < -0.4 is 0 Å². The summed E-state index contributed by atoms with van der Waals surface area (Å²) in [5, 5.41) is 0. The van der Waals surface area contributed by atoms with E-state index in [0.717, 1.165) is 12.7 Å². The second kappa shape index (κ2) is 3.90. The average Bonchev–Trinajstić information content (AvgIpc) is 1.68. The molecule has 0 N–H and O–H groups in total. The van der Waals surface area contributed by atoms with Gasteiger partial charge in [-0.25, -0.2) is 0 Å². The summed E-state index contributed by atoms with van der Waals surface area (Å²) in [6.07, 6.45) is 1.92. The number of rotatable bonds is 2. The fourth-order valence-electron chi connectivity index (χ4n) is 0.0833. The van der Waals surface area contributed by atoms with Gasteiger partial charge in [-0.3, -0.25) is 0 Å². The smallest absolute Gasteiger partial charge is 0.125 e. The zero-order chi connectivity index (χ0) is 5.91. The molecule has 2 heteroatoms. The number of aldehydes is 1. The minimum Gasteiger partial charge on any atom is -0.303 e. The standard InChI is InChI=1S/C6H12O.ClH/c1-4-6(2,3)5-7;/h5H,4H2,1-3H3;1H. The van der Waals surface area contributed by atoms with Crippen molar-refractivity contribution in [2.24, 2.45) is 5.41 Å². The van der Waals surface area contributed by atoms with Crippen LogP contribution >= 0.6 is 12.4 Å². The lowest BCUT2D eigenvalue weighted by Crippen LogP contribution is -2.09. The van der Waals surface area contributed by atoms with Gasteiger partial charge in [0.25, 0.3) is 0 Å². The van der Waals surface area contributed by atoms with Crippen molar-refractivity contribution in [2.75, 3.05) is 0 Å². The summed E-state index contributed by atoms with van der Waals surface area (Å²) < 4.78 is 0. The molecule has 0 rings (SSSR count). The number of hydrogen-bond acceptors (Lipinski definition) is 1. The molecular weight excluding hydrogens is 124 g/mol. The highest BCUT2D eigenvalue weighted by Gasteiger charge is 2.11. The van der Waals surface area contributed by atoms with Crippen molar-refractivity contribution < 1.29 is 4.79 Å². The van der Waals surface area contributed by atoms with Gasteiger partial charge in [-0.15, -0.1) is 12.4 Å². The van der Waals surface area contributed by atoms with Crippen molar-refractivity contribution in [3.05, 3.63) is 0 Å². The largest absolute Gasteiger partial charge is 0.303 e. The molecule has 0 aliphatic rings. The minimum atomic E-state index is -0.0972. The van der Waals surface area contributed by atoms with Gasteiger partial charge in [0.05, 0.1) is 0 Å². The highest BCUT2D eigenvalue weighted by Crippen LogP contribution is 2.14. The lowest BCUT2D eigenvalue weighted by atomic mass is 9.93. The van der Waals surface area contributed by atoms with Crippen LogP contribution in [0.1, 0.15) is 27.2 Å². The summed E-state index contributed by atoms with van der Waals surface area (Å²) in [5.41, 5.74) is -0.0972. The third-order valence-corrected chi connectivity index (χ3v) is 1.23. The first-order chi connectivity index (χ1) is 3.12. The molecule has 0 heterocycles. The number of halogens is 1. The number of carbonyl (C=O) groups excluding carboxylic acids is 1. The fraction of sp³-hybridized carbons (Fsp3) is 0.833. The second-order valence-corrected chi connectivity index (χ2v) is 2.46. The van der Waals surface area contributed by atoms with E-state index in [1.165, 1.54) is 0 Å². The van der Waals surface area contributed by atoms with Gasteiger partial charge in [0.2, 0.25) is 0 Å². The molecule has 0 fully saturated rings. The fourth-order valence-corrected chi connectivity index (χ4v) is 0.0833. The molecule has 0 amide bonds. The maximum absolute atomic E-state index is 10.1. The third kappa shape index (κ3) is 4.13. The van der Waals surface area contributed by atoms with E-state index in [0.29, 0.717) is 0 Å². The van der Waals surface area contributed by atoms with Gasteiger partial charge in [-0.2, -0.15) is 0 Å². The first kappa shape index (κ1) is 10.9. The molecule has 0 aromatic heterocycles. The molecule has 50 valence electrons. The summed E-state index contributed by atoms with van der Waals surface area (Å²) in [7, 11) is 0. The van der Waals surface area contributed by atoms with Crippen LogP contribution in [0, 0.1) is 5.41 Å². The lowest BCUT2D eigenvalue weighted by molar-refractivity contribution is -0.114. The Balaban J connectivity index is 0. The third-order valence-electron chi connectivity index (χ3n) is 1.23. The summed E-state index contributed by atoms with van der Waals surface area (Å²) in [6.45, 7) is 5.87. The van der Waals surface area contributed by atoms with E-state index in [-0.39, 0.29) is 17.8 Å². The molecule has 0 aromatic rings. The summed E-state index contributed by atoms with van der Waals surface area (Å²) >= 11 is 0. The van der Waals surface area contributed by atoms with Crippen LogP contribution in [-0.2, 0) is 4.79 Å². The van der Waals surface area contributed by atoms with Crippen LogP contribution in [0.5, 0.6) is 0 Å². The Hall–Kier alpha value is -0.0400. The van der Waals surface area contributed by atoms with Crippen molar-refractivity contribution >= 4 is 18.7 Å². The Kier molecular flexibility index (Phi) is 5.29. The molecule has 0 saturated carbocycles. The Bertz CT molecular complexity index is 68.9. The van der Waals surface area contributed by atoms with Gasteiger partial charge in [-0.05, 0) is 6.42 Å². The van der Waals surface area contributed by atoms with Gasteiger partial charge in [-0.1, -0.05) is 20.8 Å². The zero-order valence-corrected chi connectivity index (χ0v) is 6.42. The molecule has 0 spiro atoms. The van der Waals surface area contributed by atoms with E-state index in [1.54, 1.807) is 0 Å². The maximum Gasteiger partial charge on any atom is 0.125 e. The lowest BCUT2D eigenvalue weighted by Gasteiger charge is -2.10. The van der Waals surface area contributed by atoms with Gasteiger partial charge in [0, 0.05) is 5.41 Å². The number of carbonyl (C=O) groups is 1. The molecule has 0 aliphatic carbocycles. The van der Waals surface area contributed by atoms with E-state index in [9.17, 15) is 4.79 Å². The monoisotopic (exact) mass is 136 g/mol. The Labute approximate surface area is 56.9 Å². The molecule has 8 heavy (non-hydrogen) atoms. The maximum atomic E-state index is 10.1. The zero-order valence-electron chi connectivity index (χ0n) is 5.60. The molecule has 0 unspecified atom stereocenters. The topological polar surface area (TPSA) is 17.1 Å². The normalized spacial score (nSPS) is 9.88.